The molecule has 0 spiro atoms. The Morgan fingerprint density at radius 2 is 1.25 bits per heavy atom. The third-order valence-corrected chi connectivity index (χ3v) is 4.13. The molecule has 2 N–H and O–H groups in total. The Morgan fingerprint density at radius 1 is 0.812 bits per heavy atom. The van der Waals surface area contributed by atoms with Crippen LogP contribution < -0.4 is 0 Å². The number of phenolic OH excluding ortho intramolecular Hbond substituents is 2. The van der Waals surface area contributed by atoms with E-state index >= 15 is 0 Å². The van der Waals surface area contributed by atoms with Gasteiger partial charge in [-0.25, -0.2) is 4.21 Å². The van der Waals surface area contributed by atoms with Crippen molar-refractivity contribution in [2.75, 3.05) is 0 Å². The number of benzene rings is 2. The summed E-state index contributed by atoms with van der Waals surface area (Å²) in [6, 6.07) is 9.47. The Hall–Kier alpha value is -1.81. The van der Waals surface area contributed by atoms with Crippen molar-refractivity contribution in [3.63, 3.8) is 0 Å². The Bertz CT molecular complexity index is 566. The van der Waals surface area contributed by atoms with Gasteiger partial charge < -0.3 is 10.2 Å². The van der Waals surface area contributed by atoms with Gasteiger partial charge in [-0.05, 0) is 36.4 Å². The lowest BCUT2D eigenvalue weighted by molar-refractivity contribution is 0.473. The molecule has 0 saturated carbocycles. The zero-order valence-electron chi connectivity index (χ0n) is 8.18. The van der Waals surface area contributed by atoms with Crippen LogP contribution in [0.25, 0.3) is 11.1 Å². The monoisotopic (exact) mass is 232 g/mol. The number of phenols is 2. The first-order chi connectivity index (χ1) is 7.66. The Balaban J connectivity index is 2.37. The van der Waals surface area contributed by atoms with E-state index in [0.29, 0.717) is 9.79 Å². The van der Waals surface area contributed by atoms with Gasteiger partial charge in [0, 0.05) is 11.1 Å². The molecule has 4 heteroatoms. The lowest BCUT2D eigenvalue weighted by Gasteiger charge is -2.00. The summed E-state index contributed by atoms with van der Waals surface area (Å²) in [7, 11) is -1.21. The van der Waals surface area contributed by atoms with Gasteiger partial charge >= 0.3 is 0 Å². The Kier molecular flexibility index (Phi) is 1.82. The van der Waals surface area contributed by atoms with Gasteiger partial charge in [-0.15, -0.1) is 0 Å². The smallest absolute Gasteiger partial charge is 0.116 e. The third-order valence-electron chi connectivity index (χ3n) is 2.62. The molecule has 0 atom stereocenters. The molecule has 0 radical (unpaired) electrons. The van der Waals surface area contributed by atoms with Crippen LogP contribution in [0, 0.1) is 0 Å². The standard InChI is InChI=1S/C12H8O3S/c13-7-1-3-11-9(5-7)10-6-8(14)2-4-12(10)16(11)15/h1-6,13-14H. The summed E-state index contributed by atoms with van der Waals surface area (Å²) in [4.78, 5) is 1.36. The highest BCUT2D eigenvalue weighted by Crippen LogP contribution is 2.43. The second-order valence-electron chi connectivity index (χ2n) is 3.63. The van der Waals surface area contributed by atoms with E-state index in [0.717, 1.165) is 11.1 Å². The predicted molar refractivity (Wildman–Crippen MR) is 59.9 cm³/mol. The van der Waals surface area contributed by atoms with Crippen LogP contribution in [0.4, 0.5) is 0 Å². The van der Waals surface area contributed by atoms with E-state index in [2.05, 4.69) is 0 Å². The van der Waals surface area contributed by atoms with E-state index in [1.807, 2.05) is 0 Å². The summed E-state index contributed by atoms with van der Waals surface area (Å²) in [5, 5.41) is 18.8. The molecule has 0 aromatic heterocycles. The highest BCUT2D eigenvalue weighted by Gasteiger charge is 2.25. The van der Waals surface area contributed by atoms with Gasteiger partial charge in [0.15, 0.2) is 0 Å². The van der Waals surface area contributed by atoms with Crippen LogP contribution in [0.15, 0.2) is 46.2 Å². The maximum absolute atomic E-state index is 12.1. The topological polar surface area (TPSA) is 57.5 Å². The number of rotatable bonds is 0. The van der Waals surface area contributed by atoms with Crippen molar-refractivity contribution < 1.29 is 14.4 Å². The molecule has 16 heavy (non-hydrogen) atoms. The molecule has 1 heterocycles. The SMILES string of the molecule is O=S1c2ccc(O)cc2-c2cc(O)ccc21. The average Bonchev–Trinajstić information content (AvgIpc) is 2.52. The van der Waals surface area contributed by atoms with Gasteiger partial charge in [-0.1, -0.05) is 0 Å². The van der Waals surface area contributed by atoms with Crippen LogP contribution >= 0.6 is 0 Å². The van der Waals surface area contributed by atoms with E-state index in [-0.39, 0.29) is 11.5 Å². The fraction of sp³-hybridized carbons (Fsp3) is 0. The zero-order valence-corrected chi connectivity index (χ0v) is 8.99. The molecule has 0 amide bonds. The fourth-order valence-corrected chi connectivity index (χ4v) is 3.26. The van der Waals surface area contributed by atoms with Crippen molar-refractivity contribution in [2.45, 2.75) is 9.79 Å². The molecule has 0 unspecified atom stereocenters. The summed E-state index contributed by atoms with van der Waals surface area (Å²) in [6.45, 7) is 0. The molecular formula is C12H8O3S. The average molecular weight is 232 g/mol. The van der Waals surface area contributed by atoms with Crippen LogP contribution in [0.1, 0.15) is 0 Å². The Morgan fingerprint density at radius 3 is 1.69 bits per heavy atom. The van der Waals surface area contributed by atoms with E-state index in [9.17, 15) is 14.4 Å². The van der Waals surface area contributed by atoms with Crippen molar-refractivity contribution in [1.29, 1.82) is 0 Å². The second-order valence-corrected chi connectivity index (χ2v) is 5.05. The van der Waals surface area contributed by atoms with Gasteiger partial charge in [0.2, 0.25) is 0 Å². The molecule has 2 aromatic carbocycles. The summed E-state index contributed by atoms with van der Waals surface area (Å²) >= 11 is 0. The molecule has 80 valence electrons. The molecule has 1 aliphatic heterocycles. The van der Waals surface area contributed by atoms with E-state index in [1.54, 1.807) is 24.3 Å². The van der Waals surface area contributed by atoms with E-state index in [4.69, 9.17) is 0 Å². The predicted octanol–water partition coefficient (Wildman–Crippen LogP) is 2.24. The van der Waals surface area contributed by atoms with Gasteiger partial charge in [-0.3, -0.25) is 0 Å². The third kappa shape index (κ3) is 1.17. The first-order valence-corrected chi connectivity index (χ1v) is 5.90. The maximum atomic E-state index is 12.1. The highest BCUT2D eigenvalue weighted by molar-refractivity contribution is 7.85. The van der Waals surface area contributed by atoms with Crippen LogP contribution in [0.3, 0.4) is 0 Å². The molecule has 3 rings (SSSR count). The number of hydrogen-bond acceptors (Lipinski definition) is 3. The first kappa shape index (κ1) is 9.42. The molecular weight excluding hydrogens is 224 g/mol. The minimum atomic E-state index is -1.21. The normalized spacial score (nSPS) is 13.5. The summed E-state index contributed by atoms with van der Waals surface area (Å²) in [5.41, 5.74) is 1.45. The molecule has 1 aliphatic rings. The number of aromatic hydroxyl groups is 2. The van der Waals surface area contributed by atoms with Gasteiger partial charge in [0.05, 0.1) is 20.6 Å². The molecule has 0 aliphatic carbocycles. The van der Waals surface area contributed by atoms with Crippen LogP contribution in [-0.4, -0.2) is 14.4 Å². The minimum Gasteiger partial charge on any atom is -0.508 e. The van der Waals surface area contributed by atoms with Crippen LogP contribution in [-0.2, 0) is 10.8 Å². The number of hydrogen-bond donors (Lipinski definition) is 2. The largest absolute Gasteiger partial charge is 0.508 e. The fourth-order valence-electron chi connectivity index (χ4n) is 1.90. The molecule has 3 nitrogen and oxygen atoms in total. The van der Waals surface area contributed by atoms with Gasteiger partial charge in [0.25, 0.3) is 0 Å². The minimum absolute atomic E-state index is 0.131. The van der Waals surface area contributed by atoms with Gasteiger partial charge in [-0.2, -0.15) is 0 Å². The summed E-state index contributed by atoms with van der Waals surface area (Å²) < 4.78 is 12.1. The lowest BCUT2D eigenvalue weighted by atomic mass is 10.1. The summed E-state index contributed by atoms with van der Waals surface area (Å²) in [6.07, 6.45) is 0. The Labute approximate surface area is 94.4 Å². The summed E-state index contributed by atoms with van der Waals surface area (Å²) in [5.74, 6) is 0.263. The zero-order chi connectivity index (χ0) is 11.3. The maximum Gasteiger partial charge on any atom is 0.116 e. The van der Waals surface area contributed by atoms with Crippen molar-refractivity contribution in [3.05, 3.63) is 36.4 Å². The van der Waals surface area contributed by atoms with Gasteiger partial charge in [0.1, 0.15) is 11.5 Å². The van der Waals surface area contributed by atoms with E-state index < -0.39 is 10.8 Å². The van der Waals surface area contributed by atoms with Crippen LogP contribution in [0.5, 0.6) is 11.5 Å². The van der Waals surface area contributed by atoms with Crippen molar-refractivity contribution in [2.24, 2.45) is 0 Å². The van der Waals surface area contributed by atoms with Crippen LogP contribution in [0.2, 0.25) is 0 Å². The molecule has 0 fully saturated rings. The highest BCUT2D eigenvalue weighted by atomic mass is 32.2. The molecule has 2 aromatic rings. The molecule has 0 saturated heterocycles. The van der Waals surface area contributed by atoms with Crippen molar-refractivity contribution in [1.82, 2.24) is 0 Å². The van der Waals surface area contributed by atoms with Crippen molar-refractivity contribution >= 4 is 10.8 Å². The van der Waals surface area contributed by atoms with Crippen molar-refractivity contribution in [3.8, 4) is 22.6 Å². The lowest BCUT2D eigenvalue weighted by Crippen LogP contribution is -1.84. The first-order valence-electron chi connectivity index (χ1n) is 4.75. The quantitative estimate of drug-likeness (QED) is 0.625. The second kappa shape index (κ2) is 3.09. The van der Waals surface area contributed by atoms with E-state index in [1.165, 1.54) is 12.1 Å². The molecule has 0 bridgehead atoms. The number of fused-ring (bicyclic) bond motifs is 3.